The van der Waals surface area contributed by atoms with Gasteiger partial charge in [-0.15, -0.1) is 0 Å². The molecule has 1 aromatic carbocycles. The van der Waals surface area contributed by atoms with Crippen molar-refractivity contribution in [3.63, 3.8) is 0 Å². The maximum Gasteiger partial charge on any atom is 0.185 e. The molecule has 0 aromatic heterocycles. The standard InChI is InChI=1S/C8H8O3S.C2H6/c9-6-7-12(10,11)8-4-2-1-3-5-8;1-2/h1-6H,7H2;1-2H3. The molecule has 1 rings (SSSR count). The van der Waals surface area contributed by atoms with Crippen molar-refractivity contribution in [1.29, 1.82) is 0 Å². The highest BCUT2D eigenvalue weighted by molar-refractivity contribution is 7.92. The molecule has 3 nitrogen and oxygen atoms in total. The molecule has 0 spiro atoms. The van der Waals surface area contributed by atoms with E-state index in [4.69, 9.17) is 0 Å². The van der Waals surface area contributed by atoms with Crippen molar-refractivity contribution in [2.45, 2.75) is 18.7 Å². The number of hydrogen-bond acceptors (Lipinski definition) is 3. The van der Waals surface area contributed by atoms with Crippen LogP contribution in [0, 0.1) is 0 Å². The molecule has 0 bridgehead atoms. The molecule has 1 aromatic rings. The number of carbonyl (C=O) groups excluding carboxylic acids is 1. The second-order valence-electron chi connectivity index (χ2n) is 2.26. The Labute approximate surface area is 84.7 Å². The zero-order chi connectivity index (χ0) is 11.0. The molecule has 0 aliphatic rings. The van der Waals surface area contributed by atoms with Crippen molar-refractivity contribution in [3.05, 3.63) is 30.3 Å². The van der Waals surface area contributed by atoms with Crippen LogP contribution in [-0.2, 0) is 14.6 Å². The molecular weight excluding hydrogens is 200 g/mol. The lowest BCUT2D eigenvalue weighted by molar-refractivity contribution is -0.105. The summed E-state index contributed by atoms with van der Waals surface area (Å²) >= 11 is 0. The normalized spacial score (nSPS) is 9.86. The number of aldehydes is 1. The highest BCUT2D eigenvalue weighted by atomic mass is 32.2. The van der Waals surface area contributed by atoms with E-state index in [1.165, 1.54) is 12.1 Å². The van der Waals surface area contributed by atoms with Gasteiger partial charge in [-0.2, -0.15) is 0 Å². The van der Waals surface area contributed by atoms with Gasteiger partial charge in [0.15, 0.2) is 9.84 Å². The first-order valence-corrected chi connectivity index (χ1v) is 6.03. The van der Waals surface area contributed by atoms with Gasteiger partial charge in [0.2, 0.25) is 0 Å². The van der Waals surface area contributed by atoms with Crippen LogP contribution in [0.1, 0.15) is 13.8 Å². The number of sulfone groups is 1. The molecule has 0 fully saturated rings. The quantitative estimate of drug-likeness (QED) is 0.719. The predicted molar refractivity (Wildman–Crippen MR) is 55.9 cm³/mol. The van der Waals surface area contributed by atoms with E-state index in [2.05, 4.69) is 0 Å². The molecule has 0 atom stereocenters. The van der Waals surface area contributed by atoms with Crippen LogP contribution >= 0.6 is 0 Å². The summed E-state index contributed by atoms with van der Waals surface area (Å²) in [5, 5.41) is 0. The van der Waals surface area contributed by atoms with Crippen molar-refractivity contribution in [3.8, 4) is 0 Å². The van der Waals surface area contributed by atoms with E-state index in [-0.39, 0.29) is 4.90 Å². The Hall–Kier alpha value is -1.16. The fourth-order valence-electron chi connectivity index (χ4n) is 0.814. The second kappa shape index (κ2) is 6.32. The van der Waals surface area contributed by atoms with E-state index in [1.54, 1.807) is 18.2 Å². The monoisotopic (exact) mass is 214 g/mol. The number of carbonyl (C=O) groups is 1. The third-order valence-electron chi connectivity index (χ3n) is 1.39. The second-order valence-corrected chi connectivity index (χ2v) is 4.30. The van der Waals surface area contributed by atoms with Crippen LogP contribution < -0.4 is 0 Å². The van der Waals surface area contributed by atoms with Gasteiger partial charge in [0.1, 0.15) is 12.0 Å². The molecule has 0 aliphatic heterocycles. The predicted octanol–water partition coefficient (Wildman–Crippen LogP) is 1.69. The fourth-order valence-corrected chi connectivity index (χ4v) is 1.76. The number of rotatable bonds is 3. The summed E-state index contributed by atoms with van der Waals surface area (Å²) in [4.78, 5) is 10.2. The highest BCUT2D eigenvalue weighted by Crippen LogP contribution is 2.08. The van der Waals surface area contributed by atoms with E-state index in [1.807, 2.05) is 13.8 Å². The molecule has 0 amide bonds. The van der Waals surface area contributed by atoms with E-state index in [0.717, 1.165) is 0 Å². The smallest absolute Gasteiger partial charge is 0.185 e. The van der Waals surface area contributed by atoms with Crippen LogP contribution in [0.2, 0.25) is 0 Å². The highest BCUT2D eigenvalue weighted by Gasteiger charge is 2.11. The van der Waals surface area contributed by atoms with Crippen molar-refractivity contribution in [2.75, 3.05) is 5.75 Å². The summed E-state index contributed by atoms with van der Waals surface area (Å²) in [6, 6.07) is 7.91. The van der Waals surface area contributed by atoms with E-state index < -0.39 is 15.6 Å². The largest absolute Gasteiger partial charge is 0.302 e. The number of benzene rings is 1. The van der Waals surface area contributed by atoms with E-state index >= 15 is 0 Å². The Kier molecular flexibility index (Phi) is 5.79. The van der Waals surface area contributed by atoms with Gasteiger partial charge in [-0.05, 0) is 12.1 Å². The maximum atomic E-state index is 11.2. The first-order valence-electron chi connectivity index (χ1n) is 4.38. The zero-order valence-corrected chi connectivity index (χ0v) is 9.12. The van der Waals surface area contributed by atoms with Crippen LogP contribution in [0.15, 0.2) is 35.2 Å². The summed E-state index contributed by atoms with van der Waals surface area (Å²) in [6.45, 7) is 4.00. The lowest BCUT2D eigenvalue weighted by atomic mass is 10.4. The molecule has 0 aliphatic carbocycles. The van der Waals surface area contributed by atoms with Gasteiger partial charge in [0, 0.05) is 0 Å². The van der Waals surface area contributed by atoms with Crippen LogP contribution in [0.25, 0.3) is 0 Å². The average molecular weight is 214 g/mol. The Bertz CT molecular complexity index is 354. The lowest BCUT2D eigenvalue weighted by Gasteiger charge is -1.97. The molecule has 0 heterocycles. The van der Waals surface area contributed by atoms with Gasteiger partial charge in [0.05, 0.1) is 4.90 Å². The van der Waals surface area contributed by atoms with Gasteiger partial charge in [0.25, 0.3) is 0 Å². The molecular formula is C10H14O3S. The Morgan fingerprint density at radius 1 is 1.14 bits per heavy atom. The average Bonchev–Trinajstić information content (AvgIpc) is 2.22. The van der Waals surface area contributed by atoms with Crippen molar-refractivity contribution in [2.24, 2.45) is 0 Å². The zero-order valence-electron chi connectivity index (χ0n) is 8.30. The third-order valence-corrected chi connectivity index (χ3v) is 2.96. The summed E-state index contributed by atoms with van der Waals surface area (Å²) in [7, 11) is -3.38. The Morgan fingerprint density at radius 3 is 2.07 bits per heavy atom. The van der Waals surface area contributed by atoms with Crippen LogP contribution in [-0.4, -0.2) is 20.5 Å². The minimum absolute atomic E-state index is 0.192. The SMILES string of the molecule is CC.O=CCS(=O)(=O)c1ccccc1. The molecule has 14 heavy (non-hydrogen) atoms. The lowest BCUT2D eigenvalue weighted by Crippen LogP contribution is -2.06. The Balaban J connectivity index is 0.000000791. The molecule has 0 unspecified atom stereocenters. The van der Waals surface area contributed by atoms with Gasteiger partial charge in [-0.3, -0.25) is 0 Å². The molecule has 0 radical (unpaired) electrons. The molecule has 78 valence electrons. The topological polar surface area (TPSA) is 51.2 Å². The number of hydrogen-bond donors (Lipinski definition) is 0. The van der Waals surface area contributed by atoms with E-state index in [9.17, 15) is 13.2 Å². The van der Waals surface area contributed by atoms with Crippen molar-refractivity contribution in [1.82, 2.24) is 0 Å². The van der Waals surface area contributed by atoms with Gasteiger partial charge in [-0.1, -0.05) is 32.0 Å². The molecule has 0 saturated heterocycles. The Morgan fingerprint density at radius 2 is 1.64 bits per heavy atom. The fraction of sp³-hybridized carbons (Fsp3) is 0.300. The van der Waals surface area contributed by atoms with Gasteiger partial charge in [-0.25, -0.2) is 8.42 Å². The van der Waals surface area contributed by atoms with Crippen LogP contribution in [0.5, 0.6) is 0 Å². The van der Waals surface area contributed by atoms with Gasteiger partial charge < -0.3 is 4.79 Å². The first kappa shape index (κ1) is 12.8. The summed E-state index contributed by atoms with van der Waals surface area (Å²) in [5.41, 5.74) is 0. The van der Waals surface area contributed by atoms with Crippen LogP contribution in [0.4, 0.5) is 0 Å². The summed E-state index contributed by atoms with van der Waals surface area (Å²) in [5.74, 6) is -0.447. The summed E-state index contributed by atoms with van der Waals surface area (Å²) < 4.78 is 22.4. The molecule has 4 heteroatoms. The van der Waals surface area contributed by atoms with Crippen molar-refractivity contribution < 1.29 is 13.2 Å². The van der Waals surface area contributed by atoms with Gasteiger partial charge >= 0.3 is 0 Å². The maximum absolute atomic E-state index is 11.2. The van der Waals surface area contributed by atoms with Crippen molar-refractivity contribution >= 4 is 16.1 Å². The summed E-state index contributed by atoms with van der Waals surface area (Å²) in [6.07, 6.45) is 0.391. The van der Waals surface area contributed by atoms with E-state index in [0.29, 0.717) is 6.29 Å². The molecule has 0 saturated carbocycles. The molecule has 0 N–H and O–H groups in total. The third kappa shape index (κ3) is 3.70. The van der Waals surface area contributed by atoms with Crippen LogP contribution in [0.3, 0.4) is 0 Å². The first-order chi connectivity index (χ1) is 6.67. The minimum atomic E-state index is -3.38. The minimum Gasteiger partial charge on any atom is -0.302 e.